The molecule has 0 amide bonds. The fourth-order valence-electron chi connectivity index (χ4n) is 7.57. The van der Waals surface area contributed by atoms with Gasteiger partial charge in [-0.1, -0.05) is 45.4 Å². The van der Waals surface area contributed by atoms with Crippen molar-refractivity contribution in [1.82, 2.24) is 0 Å². The smallest absolute Gasteiger partial charge is 0.270 e. The van der Waals surface area contributed by atoms with E-state index in [1.54, 1.807) is 18.1 Å². The number of benzene rings is 1. The molecule has 0 unspecified atom stereocenters. The first-order valence-electron chi connectivity index (χ1n) is 14.2. The summed E-state index contributed by atoms with van der Waals surface area (Å²) in [5.74, 6) is 2.06. The Bertz CT molecular complexity index is 1190. The molecule has 1 aromatic carbocycles. The molecular formula is C32H42O4Si. The number of carbonyl (C=O) groups excluding carboxylic acids is 1. The first-order chi connectivity index (χ1) is 17.4. The Kier molecular flexibility index (Phi) is 5.66. The zero-order valence-electron chi connectivity index (χ0n) is 23.4. The summed E-state index contributed by atoms with van der Waals surface area (Å²) < 4.78 is 18.4. The summed E-state index contributed by atoms with van der Waals surface area (Å²) in [7, 11) is -1.90. The molecule has 1 spiro atoms. The van der Waals surface area contributed by atoms with E-state index in [4.69, 9.17) is 13.9 Å². The van der Waals surface area contributed by atoms with Crippen LogP contribution in [0.1, 0.15) is 84.1 Å². The standard InChI is InChI=1S/C32H42O4Si/c1-30(2,3)37(5,6)36-23-10-7-21(8-11-23)26-20-31(4)27(13-14-28(31)33)25-12-9-22-19-32(34-17-18-35-32)16-15-24(22)29(25)26/h7-8,10-11,17-19,25-27H,9,12-16,20H2,1-6H3/t25-,26+,27-,31-/m0/s1. The Hall–Kier alpha value is -2.27. The topological polar surface area (TPSA) is 44.8 Å². The van der Waals surface area contributed by atoms with Crippen molar-refractivity contribution in [2.45, 2.75) is 102 Å². The van der Waals surface area contributed by atoms with Crippen LogP contribution in [0.5, 0.6) is 5.75 Å². The second-order valence-corrected chi connectivity index (χ2v) is 18.5. The average Bonchev–Trinajstić information content (AvgIpc) is 3.41. The number of hydrogen-bond donors (Lipinski definition) is 0. The van der Waals surface area contributed by atoms with Crippen molar-refractivity contribution in [1.29, 1.82) is 0 Å². The van der Waals surface area contributed by atoms with Crippen LogP contribution in [0.3, 0.4) is 0 Å². The van der Waals surface area contributed by atoms with E-state index < -0.39 is 14.1 Å². The van der Waals surface area contributed by atoms with Gasteiger partial charge in [-0.3, -0.25) is 4.79 Å². The van der Waals surface area contributed by atoms with Crippen LogP contribution in [0.25, 0.3) is 0 Å². The van der Waals surface area contributed by atoms with Crippen LogP contribution in [0, 0.1) is 17.3 Å². The van der Waals surface area contributed by atoms with Gasteiger partial charge in [-0.15, -0.1) is 0 Å². The molecule has 37 heavy (non-hydrogen) atoms. The van der Waals surface area contributed by atoms with E-state index in [2.05, 4.69) is 71.1 Å². The molecule has 0 aromatic heterocycles. The number of rotatable bonds is 3. The van der Waals surface area contributed by atoms with Gasteiger partial charge in [0.05, 0.1) is 0 Å². The Morgan fingerprint density at radius 3 is 2.38 bits per heavy atom. The van der Waals surface area contributed by atoms with Gasteiger partial charge in [0.15, 0.2) is 0 Å². The van der Waals surface area contributed by atoms with Crippen molar-refractivity contribution in [3.8, 4) is 5.75 Å². The van der Waals surface area contributed by atoms with Crippen molar-refractivity contribution < 1.29 is 18.7 Å². The van der Waals surface area contributed by atoms with Gasteiger partial charge in [0.25, 0.3) is 5.79 Å². The molecule has 1 aliphatic heterocycles. The van der Waals surface area contributed by atoms with Gasteiger partial charge in [0.1, 0.15) is 24.1 Å². The predicted octanol–water partition coefficient (Wildman–Crippen LogP) is 8.18. The Labute approximate surface area is 223 Å². The van der Waals surface area contributed by atoms with E-state index in [1.807, 2.05) is 0 Å². The third kappa shape index (κ3) is 3.95. The number of Topliss-reactive ketones (excluding diaryl/α,β-unsaturated/α-hetero) is 1. The van der Waals surface area contributed by atoms with Gasteiger partial charge in [-0.25, -0.2) is 0 Å². The largest absolute Gasteiger partial charge is 0.544 e. The highest BCUT2D eigenvalue weighted by Gasteiger charge is 2.57. The highest BCUT2D eigenvalue weighted by Crippen LogP contribution is 2.63. The lowest BCUT2D eigenvalue weighted by atomic mass is 9.53. The van der Waals surface area contributed by atoms with E-state index in [9.17, 15) is 4.79 Å². The van der Waals surface area contributed by atoms with E-state index in [0.29, 0.717) is 17.6 Å². The van der Waals surface area contributed by atoms with Crippen LogP contribution >= 0.6 is 0 Å². The predicted molar refractivity (Wildman–Crippen MR) is 149 cm³/mol. The summed E-state index contributed by atoms with van der Waals surface area (Å²) in [6.07, 6.45) is 12.3. The molecule has 2 saturated carbocycles. The van der Waals surface area contributed by atoms with Crippen LogP contribution in [0.4, 0.5) is 0 Å². The molecule has 0 radical (unpaired) electrons. The fraction of sp³-hybridized carbons (Fsp3) is 0.594. The van der Waals surface area contributed by atoms with Gasteiger partial charge >= 0.3 is 0 Å². The maximum absolute atomic E-state index is 13.3. The van der Waals surface area contributed by atoms with Crippen LogP contribution in [-0.4, -0.2) is 19.9 Å². The molecule has 5 aliphatic rings. The summed E-state index contributed by atoms with van der Waals surface area (Å²) in [4.78, 5) is 13.3. The number of ketones is 1. The molecule has 4 atom stereocenters. The van der Waals surface area contributed by atoms with Crippen LogP contribution in [0.15, 0.2) is 59.6 Å². The summed E-state index contributed by atoms with van der Waals surface area (Å²) in [5, 5.41) is 0.159. The van der Waals surface area contributed by atoms with E-state index >= 15 is 0 Å². The third-order valence-corrected chi connectivity index (χ3v) is 15.0. The summed E-state index contributed by atoms with van der Waals surface area (Å²) >= 11 is 0. The number of hydrogen-bond acceptors (Lipinski definition) is 4. The Morgan fingerprint density at radius 1 is 1.00 bits per heavy atom. The molecule has 0 saturated heterocycles. The summed E-state index contributed by atoms with van der Waals surface area (Å²) in [6, 6.07) is 8.89. The molecule has 0 bridgehead atoms. The van der Waals surface area contributed by atoms with Gasteiger partial charge in [-0.05, 0) is 90.9 Å². The molecule has 0 N–H and O–H groups in total. The summed E-state index contributed by atoms with van der Waals surface area (Å²) in [5.41, 5.74) is 5.64. The molecular weight excluding hydrogens is 476 g/mol. The van der Waals surface area contributed by atoms with Crippen LogP contribution in [-0.2, 0) is 14.3 Å². The number of carbonyl (C=O) groups is 1. The quantitative estimate of drug-likeness (QED) is 0.378. The van der Waals surface area contributed by atoms with Crippen LogP contribution < -0.4 is 4.43 Å². The fourth-order valence-corrected chi connectivity index (χ4v) is 8.60. The lowest BCUT2D eigenvalue weighted by molar-refractivity contribution is -0.128. The van der Waals surface area contributed by atoms with Gasteiger partial charge in [0.2, 0.25) is 8.32 Å². The minimum atomic E-state index is -1.90. The van der Waals surface area contributed by atoms with Crippen molar-refractivity contribution in [3.05, 3.63) is 65.1 Å². The first kappa shape index (κ1) is 25.0. The third-order valence-electron chi connectivity index (χ3n) is 10.7. The minimum absolute atomic E-state index is 0.159. The van der Waals surface area contributed by atoms with Gasteiger partial charge in [-0.2, -0.15) is 0 Å². The molecule has 2 fully saturated rings. The SMILES string of the molecule is CC(C)(C)[Si](C)(C)Oc1ccc([C@H]2C[C@]3(C)C(=O)CC[C@H]3[C@@H]3CCC4=CC5(CCC4=C32)OC=CO5)cc1. The lowest BCUT2D eigenvalue weighted by Crippen LogP contribution is -2.44. The van der Waals surface area contributed by atoms with Crippen molar-refractivity contribution in [3.63, 3.8) is 0 Å². The van der Waals surface area contributed by atoms with Gasteiger partial charge in [0, 0.05) is 30.3 Å². The van der Waals surface area contributed by atoms with E-state index in [1.165, 1.54) is 16.7 Å². The average molecular weight is 519 g/mol. The summed E-state index contributed by atoms with van der Waals surface area (Å²) in [6.45, 7) is 13.7. The van der Waals surface area contributed by atoms with Crippen molar-refractivity contribution in [2.24, 2.45) is 17.3 Å². The molecule has 6 rings (SSSR count). The zero-order valence-corrected chi connectivity index (χ0v) is 24.4. The Morgan fingerprint density at radius 2 is 1.70 bits per heavy atom. The molecule has 198 valence electrons. The van der Waals surface area contributed by atoms with Gasteiger partial charge < -0.3 is 13.9 Å². The normalized spacial score (nSPS) is 32.3. The Balaban J connectivity index is 1.39. The highest BCUT2D eigenvalue weighted by atomic mass is 28.4. The molecule has 1 aromatic rings. The highest BCUT2D eigenvalue weighted by molar-refractivity contribution is 6.74. The van der Waals surface area contributed by atoms with Crippen molar-refractivity contribution >= 4 is 14.1 Å². The zero-order chi connectivity index (χ0) is 26.2. The maximum atomic E-state index is 13.3. The lowest BCUT2D eigenvalue weighted by Gasteiger charge is -2.50. The van der Waals surface area contributed by atoms with E-state index in [0.717, 1.165) is 50.7 Å². The molecule has 1 heterocycles. The second kappa shape index (κ2) is 8.36. The number of allylic oxidation sites excluding steroid dienone is 3. The molecule has 4 nitrogen and oxygen atoms in total. The van der Waals surface area contributed by atoms with E-state index in [-0.39, 0.29) is 16.4 Å². The number of fused-ring (bicyclic) bond motifs is 4. The molecule has 4 aliphatic carbocycles. The van der Waals surface area contributed by atoms with Crippen molar-refractivity contribution in [2.75, 3.05) is 0 Å². The van der Waals surface area contributed by atoms with Crippen LogP contribution in [0.2, 0.25) is 18.1 Å². The second-order valence-electron chi connectivity index (χ2n) is 13.7. The first-order valence-corrected chi connectivity index (χ1v) is 17.1. The minimum Gasteiger partial charge on any atom is -0.544 e. The maximum Gasteiger partial charge on any atom is 0.270 e. The molecule has 5 heteroatoms. The number of ether oxygens (including phenoxy) is 2. The monoisotopic (exact) mass is 518 g/mol.